The fourth-order valence-electron chi connectivity index (χ4n) is 3.44. The van der Waals surface area contributed by atoms with Crippen LogP contribution < -0.4 is 0 Å². The molecule has 0 nitrogen and oxygen atoms in total. The van der Waals surface area contributed by atoms with E-state index in [1.165, 1.54) is 0 Å². The van der Waals surface area contributed by atoms with Crippen molar-refractivity contribution in [2.24, 2.45) is 16.2 Å². The molecular weight excluding hydrogens is 256 g/mol. The molecule has 1 heteroatoms. The lowest BCUT2D eigenvalue weighted by atomic mass is 9.72. The van der Waals surface area contributed by atoms with E-state index >= 15 is 0 Å². The Morgan fingerprint density at radius 3 is 1.15 bits per heavy atom. The Hall–Kier alpha value is -0.173. The zero-order valence-electron chi connectivity index (χ0n) is 16.0. The average molecular weight is 293 g/mol. The molecule has 0 spiro atoms. The van der Waals surface area contributed by atoms with E-state index in [-0.39, 0.29) is 5.41 Å². The summed E-state index contributed by atoms with van der Waals surface area (Å²) in [5.74, 6) is 0. The lowest BCUT2D eigenvalue weighted by molar-refractivity contribution is 0.456. The Morgan fingerprint density at radius 2 is 0.950 bits per heavy atom. The minimum atomic E-state index is -0.590. The summed E-state index contributed by atoms with van der Waals surface area (Å²) in [6.07, 6.45) is 0. The second-order valence-corrected chi connectivity index (χ2v) is 13.8. The Labute approximate surface area is 129 Å². The maximum Gasteiger partial charge on any atom is 0.0515 e. The highest BCUT2D eigenvalue weighted by Gasteiger charge is 2.47. The summed E-state index contributed by atoms with van der Waals surface area (Å²) in [5.41, 5.74) is 2.57. The van der Waals surface area contributed by atoms with Crippen molar-refractivity contribution in [3.63, 3.8) is 0 Å². The lowest BCUT2D eigenvalue weighted by Gasteiger charge is -2.51. The van der Waals surface area contributed by atoms with Crippen molar-refractivity contribution < 1.29 is 0 Å². The van der Waals surface area contributed by atoms with Gasteiger partial charge < -0.3 is 0 Å². The van der Waals surface area contributed by atoms with Crippen molar-refractivity contribution in [3.8, 4) is 0 Å². The lowest BCUT2D eigenvalue weighted by Crippen LogP contribution is -2.51. The van der Waals surface area contributed by atoms with Crippen molar-refractivity contribution in [1.82, 2.24) is 0 Å². The van der Waals surface area contributed by atoms with Crippen LogP contribution in [0.3, 0.4) is 0 Å². The first-order valence-electron chi connectivity index (χ1n) is 8.00. The summed E-state index contributed by atoms with van der Waals surface area (Å²) in [4.78, 5) is 0. The molecule has 20 heavy (non-hydrogen) atoms. The van der Waals surface area contributed by atoms with Crippen LogP contribution in [0, 0.1) is 16.2 Å². The zero-order chi connectivity index (χ0) is 16.3. The van der Waals surface area contributed by atoms with Crippen molar-refractivity contribution in [3.05, 3.63) is 10.8 Å². The van der Waals surface area contributed by atoms with Gasteiger partial charge in [-0.25, -0.2) is 0 Å². The molecule has 0 bridgehead atoms. The fraction of sp³-hybridized carbons (Fsp3) is 0.842. The van der Waals surface area contributed by atoms with Gasteiger partial charge in [-0.3, -0.25) is 0 Å². The van der Waals surface area contributed by atoms with Crippen LogP contribution in [0.2, 0.25) is 5.04 Å². The van der Waals surface area contributed by atoms with Gasteiger partial charge in [0.15, 0.2) is 0 Å². The van der Waals surface area contributed by atoms with Crippen LogP contribution in [0.5, 0.6) is 0 Å². The smallest absolute Gasteiger partial charge is 0.0515 e. The third kappa shape index (κ3) is 3.18. The van der Waals surface area contributed by atoms with Gasteiger partial charge in [0.25, 0.3) is 0 Å². The van der Waals surface area contributed by atoms with E-state index in [2.05, 4.69) is 83.1 Å². The summed E-state index contributed by atoms with van der Waals surface area (Å²) in [6, 6.07) is 0. The van der Waals surface area contributed by atoms with Crippen LogP contribution in [0.1, 0.15) is 83.1 Å². The standard InChI is InChI=1S/C19H36Si/c1-16(2,3)13-14(17(4,5)6)20(19(10,11)12)15(13)18(7,8)9/h1-12H3. The van der Waals surface area contributed by atoms with E-state index in [1.807, 2.05) is 0 Å². The van der Waals surface area contributed by atoms with Crippen LogP contribution in [-0.4, -0.2) is 13.6 Å². The Balaban J connectivity index is 3.65. The fourth-order valence-corrected chi connectivity index (χ4v) is 8.00. The summed E-state index contributed by atoms with van der Waals surface area (Å²) < 4.78 is 0. The van der Waals surface area contributed by atoms with Crippen molar-refractivity contribution in [2.75, 3.05) is 0 Å². The average Bonchev–Trinajstić information content (AvgIpc) is 1.86. The van der Waals surface area contributed by atoms with Crippen LogP contribution in [0.15, 0.2) is 10.8 Å². The number of hydrogen-bond donors (Lipinski definition) is 0. The number of hydrogen-bond acceptors (Lipinski definition) is 0. The molecule has 0 N–H and O–H groups in total. The molecule has 0 saturated heterocycles. The molecule has 0 radical (unpaired) electrons. The predicted molar refractivity (Wildman–Crippen MR) is 95.9 cm³/mol. The molecule has 0 atom stereocenters. The van der Waals surface area contributed by atoms with E-state index in [0.29, 0.717) is 15.9 Å². The van der Waals surface area contributed by atoms with Gasteiger partial charge in [-0.05, 0) is 26.9 Å². The van der Waals surface area contributed by atoms with E-state index in [4.69, 9.17) is 0 Å². The van der Waals surface area contributed by atoms with Crippen LogP contribution in [0.4, 0.5) is 0 Å². The Kier molecular flexibility index (Phi) is 4.17. The second kappa shape index (κ2) is 4.66. The highest BCUT2D eigenvalue weighted by Crippen LogP contribution is 2.51. The van der Waals surface area contributed by atoms with Crippen LogP contribution in [-0.2, 0) is 0 Å². The predicted octanol–water partition coefficient (Wildman–Crippen LogP) is 6.02. The highest BCUT2D eigenvalue weighted by atomic mass is 28.2. The van der Waals surface area contributed by atoms with Gasteiger partial charge in [0, 0.05) is 0 Å². The zero-order valence-corrected chi connectivity index (χ0v) is 17.0. The normalized spacial score (nSPS) is 18.6. The minimum Gasteiger partial charge on any atom is -0.0594 e. The van der Waals surface area contributed by atoms with Crippen molar-refractivity contribution >= 4 is 13.6 Å². The molecule has 116 valence electrons. The molecule has 1 aliphatic rings. The molecule has 0 aromatic carbocycles. The van der Waals surface area contributed by atoms with Gasteiger partial charge in [0.1, 0.15) is 0 Å². The van der Waals surface area contributed by atoms with Crippen LogP contribution >= 0.6 is 0 Å². The first-order valence-corrected chi connectivity index (χ1v) is 9.50. The molecule has 0 aromatic rings. The number of rotatable bonds is 0. The quantitative estimate of drug-likeness (QED) is 0.479. The Morgan fingerprint density at radius 1 is 0.550 bits per heavy atom. The summed E-state index contributed by atoms with van der Waals surface area (Å²) >= 11 is 0. The molecular formula is C19H36Si. The molecule has 0 aromatic heterocycles. The highest BCUT2D eigenvalue weighted by molar-refractivity contribution is 6.88. The third-order valence-electron chi connectivity index (χ3n) is 4.00. The van der Waals surface area contributed by atoms with Gasteiger partial charge in [-0.15, -0.1) is 0 Å². The number of allylic oxidation sites excluding steroid dienone is 2. The molecule has 0 saturated carbocycles. The molecule has 0 fully saturated rings. The summed E-state index contributed by atoms with van der Waals surface area (Å²) in [7, 11) is -0.590. The third-order valence-corrected chi connectivity index (χ3v) is 8.50. The van der Waals surface area contributed by atoms with E-state index < -0.39 is 8.41 Å². The summed E-state index contributed by atoms with van der Waals surface area (Å²) in [6.45, 7) is 28.9. The molecule has 1 aliphatic heterocycles. The molecule has 1 rings (SSSR count). The van der Waals surface area contributed by atoms with Gasteiger partial charge in [-0.1, -0.05) is 93.5 Å². The topological polar surface area (TPSA) is 0 Å². The monoisotopic (exact) mass is 292 g/mol. The summed E-state index contributed by atoms with van der Waals surface area (Å²) in [5, 5.41) is 4.00. The largest absolute Gasteiger partial charge is 0.0594 e. The molecule has 0 unspecified atom stereocenters. The Bertz CT molecular complexity index is 359. The molecule has 0 amide bonds. The SMILES string of the molecule is CC(C)(C)C1=C(C(C)(C)C)[Si](C(C)(C)C)=C1C(C)(C)C. The van der Waals surface area contributed by atoms with Gasteiger partial charge in [0.2, 0.25) is 0 Å². The van der Waals surface area contributed by atoms with Gasteiger partial charge in [-0.2, -0.15) is 0 Å². The van der Waals surface area contributed by atoms with Crippen molar-refractivity contribution in [2.45, 2.75) is 88.1 Å². The van der Waals surface area contributed by atoms with E-state index in [0.717, 1.165) is 0 Å². The first-order chi connectivity index (χ1) is 8.49. The van der Waals surface area contributed by atoms with E-state index in [9.17, 15) is 0 Å². The van der Waals surface area contributed by atoms with Gasteiger partial charge >= 0.3 is 0 Å². The van der Waals surface area contributed by atoms with E-state index in [1.54, 1.807) is 15.9 Å². The molecule has 1 heterocycles. The maximum atomic E-state index is 2.44. The van der Waals surface area contributed by atoms with Crippen molar-refractivity contribution in [1.29, 1.82) is 0 Å². The maximum absolute atomic E-state index is 2.44. The van der Waals surface area contributed by atoms with Gasteiger partial charge in [0.05, 0.1) is 8.41 Å². The second-order valence-electron chi connectivity index (χ2n) is 10.5. The minimum absolute atomic E-state index is 0.268. The van der Waals surface area contributed by atoms with Crippen LogP contribution in [0.25, 0.3) is 0 Å². The first kappa shape index (κ1) is 17.9. The molecule has 0 aliphatic carbocycles.